The smallest absolute Gasteiger partial charge is 0.462 e. The molecule has 0 aromatic heterocycles. The maximum atomic E-state index is 13.1. The summed E-state index contributed by atoms with van der Waals surface area (Å²) in [5, 5.41) is 10.6. The Labute approximate surface area is 575 Å². The van der Waals surface area contributed by atoms with Gasteiger partial charge in [0, 0.05) is 25.7 Å². The highest BCUT2D eigenvalue weighted by molar-refractivity contribution is 7.47. The number of carbonyl (C=O) groups excluding carboxylic acids is 4. The summed E-state index contributed by atoms with van der Waals surface area (Å²) in [5.74, 6) is 0.945. The van der Waals surface area contributed by atoms with Gasteiger partial charge in [0.25, 0.3) is 0 Å². The molecule has 0 amide bonds. The summed E-state index contributed by atoms with van der Waals surface area (Å²) in [6.07, 6.45) is 48.6. The number of aliphatic hydroxyl groups excluding tert-OH is 1. The van der Waals surface area contributed by atoms with E-state index in [2.05, 4.69) is 55.4 Å². The average Bonchev–Trinajstić information content (AvgIpc) is 1.72. The zero-order chi connectivity index (χ0) is 69.6. The number of ether oxygens (including phenoxy) is 4. The lowest BCUT2D eigenvalue weighted by Gasteiger charge is -2.21. The molecule has 0 aliphatic rings. The van der Waals surface area contributed by atoms with Crippen LogP contribution in [0.25, 0.3) is 0 Å². The number of rotatable bonds is 72. The van der Waals surface area contributed by atoms with Crippen LogP contribution >= 0.6 is 15.6 Å². The van der Waals surface area contributed by atoms with E-state index in [1.165, 1.54) is 173 Å². The number of phosphoric ester groups is 2. The summed E-state index contributed by atoms with van der Waals surface area (Å²) in [7, 11) is -9.91. The number of hydrogen-bond donors (Lipinski definition) is 3. The number of hydrogen-bond acceptors (Lipinski definition) is 15. The third-order valence-corrected chi connectivity index (χ3v) is 19.9. The standard InChI is InChI=1S/C75H146O17P2/c1-9-67(7)53-45-37-29-22-19-20-24-32-42-50-58-75(80)92-71(62-86-73(78)56-48-40-34-33-38-46-54-68(8)10-2)64-90-94(83,84)88-60-69(76)59-87-93(81,82)89-63-70(61-85-72(77)55-47-39-30-26-25-28-36-44-52-66(5)6)91-74(79)57-49-41-31-23-18-16-14-12-11-13-15-17-21-27-35-43-51-65(3)4/h65-71,76H,9-64H2,1-8H3,(H,81,82)(H,83,84)/t67?,68?,69-,70-,71-/m1/s1. The minimum absolute atomic E-state index is 0.105. The lowest BCUT2D eigenvalue weighted by Crippen LogP contribution is -2.30. The molecule has 3 N–H and O–H groups in total. The van der Waals surface area contributed by atoms with Gasteiger partial charge in [-0.2, -0.15) is 0 Å². The van der Waals surface area contributed by atoms with Crippen molar-refractivity contribution in [1.82, 2.24) is 0 Å². The third-order valence-electron chi connectivity index (χ3n) is 18.0. The average molecular weight is 1380 g/mol. The van der Waals surface area contributed by atoms with Crippen LogP contribution in [0.5, 0.6) is 0 Å². The van der Waals surface area contributed by atoms with Gasteiger partial charge >= 0.3 is 39.5 Å². The van der Waals surface area contributed by atoms with Crippen LogP contribution in [0.4, 0.5) is 0 Å². The molecule has 94 heavy (non-hydrogen) atoms. The summed E-state index contributed by atoms with van der Waals surface area (Å²) in [5.41, 5.74) is 0. The summed E-state index contributed by atoms with van der Waals surface area (Å²) in [6.45, 7) is 14.2. The van der Waals surface area contributed by atoms with Gasteiger partial charge in [-0.05, 0) is 49.4 Å². The number of unbranched alkanes of at least 4 members (excludes halogenated alkanes) is 36. The molecule has 19 heteroatoms. The van der Waals surface area contributed by atoms with Crippen molar-refractivity contribution in [3.63, 3.8) is 0 Å². The third kappa shape index (κ3) is 66.0. The first kappa shape index (κ1) is 92.1. The van der Waals surface area contributed by atoms with Crippen LogP contribution in [0.3, 0.4) is 0 Å². The molecule has 0 aromatic rings. The van der Waals surface area contributed by atoms with Gasteiger partial charge in [-0.25, -0.2) is 9.13 Å². The molecule has 0 heterocycles. The largest absolute Gasteiger partial charge is 0.472 e. The topological polar surface area (TPSA) is 237 Å². The maximum Gasteiger partial charge on any atom is 0.472 e. The Bertz CT molecular complexity index is 1850. The molecule has 0 aliphatic heterocycles. The van der Waals surface area contributed by atoms with Crippen molar-refractivity contribution in [1.29, 1.82) is 0 Å². The van der Waals surface area contributed by atoms with E-state index < -0.39 is 97.5 Å². The molecule has 17 nitrogen and oxygen atoms in total. The molecule has 0 spiro atoms. The highest BCUT2D eigenvalue weighted by atomic mass is 31.2. The molecule has 4 unspecified atom stereocenters. The lowest BCUT2D eigenvalue weighted by molar-refractivity contribution is -0.161. The molecule has 0 radical (unpaired) electrons. The van der Waals surface area contributed by atoms with Crippen molar-refractivity contribution < 1.29 is 80.2 Å². The molecule has 558 valence electrons. The van der Waals surface area contributed by atoms with E-state index in [0.717, 1.165) is 120 Å². The zero-order valence-electron chi connectivity index (χ0n) is 61.6. The normalized spacial score (nSPS) is 14.7. The zero-order valence-corrected chi connectivity index (χ0v) is 63.4. The van der Waals surface area contributed by atoms with Gasteiger partial charge in [-0.1, -0.05) is 325 Å². The second-order valence-corrected chi connectivity index (χ2v) is 31.4. The fraction of sp³-hybridized carbons (Fsp3) is 0.947. The fourth-order valence-electron chi connectivity index (χ4n) is 11.3. The minimum atomic E-state index is -4.96. The Hall–Kier alpha value is -1.94. The molecular formula is C75H146O17P2. The Morgan fingerprint density at radius 1 is 0.298 bits per heavy atom. The molecule has 0 saturated heterocycles. The van der Waals surface area contributed by atoms with Crippen molar-refractivity contribution in [2.75, 3.05) is 39.6 Å². The number of phosphoric acid groups is 2. The second kappa shape index (κ2) is 64.4. The second-order valence-electron chi connectivity index (χ2n) is 28.5. The highest BCUT2D eigenvalue weighted by Crippen LogP contribution is 2.45. The van der Waals surface area contributed by atoms with Crippen LogP contribution in [-0.2, 0) is 65.4 Å². The van der Waals surface area contributed by atoms with Crippen LogP contribution < -0.4 is 0 Å². The first-order valence-electron chi connectivity index (χ1n) is 38.8. The van der Waals surface area contributed by atoms with Crippen molar-refractivity contribution >= 4 is 39.5 Å². The summed E-state index contributed by atoms with van der Waals surface area (Å²) < 4.78 is 68.5. The number of aliphatic hydroxyl groups is 1. The van der Waals surface area contributed by atoms with Crippen LogP contribution in [0.15, 0.2) is 0 Å². The summed E-state index contributed by atoms with van der Waals surface area (Å²) in [6, 6.07) is 0. The SMILES string of the molecule is CCC(C)CCCCCCCCCCCCC(=O)O[C@H](COC(=O)CCCCCCCCC(C)CC)COP(=O)(O)OC[C@H](O)COP(=O)(O)OC[C@@H](COC(=O)CCCCCCCCCCC(C)C)OC(=O)CCCCCCCCCCCCCCCCCCC(C)C. The molecule has 0 bridgehead atoms. The van der Waals surface area contributed by atoms with Gasteiger partial charge in [0.1, 0.15) is 19.3 Å². The minimum Gasteiger partial charge on any atom is -0.462 e. The lowest BCUT2D eigenvalue weighted by atomic mass is 9.99. The highest BCUT2D eigenvalue weighted by Gasteiger charge is 2.30. The molecule has 0 rings (SSSR count). The van der Waals surface area contributed by atoms with Gasteiger partial charge < -0.3 is 33.8 Å². The molecular weight excluding hydrogens is 1230 g/mol. The first-order chi connectivity index (χ1) is 45.2. The molecule has 7 atom stereocenters. The van der Waals surface area contributed by atoms with E-state index in [1.54, 1.807) is 0 Å². The Morgan fingerprint density at radius 3 is 0.755 bits per heavy atom. The van der Waals surface area contributed by atoms with E-state index in [-0.39, 0.29) is 25.7 Å². The van der Waals surface area contributed by atoms with Crippen molar-refractivity contribution in [3.8, 4) is 0 Å². The van der Waals surface area contributed by atoms with Crippen molar-refractivity contribution in [3.05, 3.63) is 0 Å². The first-order valence-corrected chi connectivity index (χ1v) is 41.8. The fourth-order valence-corrected chi connectivity index (χ4v) is 12.9. The van der Waals surface area contributed by atoms with Gasteiger partial charge in [-0.3, -0.25) is 37.3 Å². The Morgan fingerprint density at radius 2 is 0.511 bits per heavy atom. The van der Waals surface area contributed by atoms with E-state index in [0.29, 0.717) is 25.7 Å². The molecule has 0 aliphatic carbocycles. The van der Waals surface area contributed by atoms with Gasteiger partial charge in [-0.15, -0.1) is 0 Å². The monoisotopic (exact) mass is 1380 g/mol. The Kier molecular flexibility index (Phi) is 63.1. The Balaban J connectivity index is 5.23. The van der Waals surface area contributed by atoms with E-state index in [1.807, 2.05) is 0 Å². The molecule has 0 saturated carbocycles. The predicted octanol–water partition coefficient (Wildman–Crippen LogP) is 21.7. The number of carbonyl (C=O) groups is 4. The van der Waals surface area contributed by atoms with E-state index in [4.69, 9.17) is 37.0 Å². The van der Waals surface area contributed by atoms with E-state index in [9.17, 15) is 43.2 Å². The van der Waals surface area contributed by atoms with Gasteiger partial charge in [0.15, 0.2) is 12.2 Å². The molecule has 0 fully saturated rings. The molecule has 0 aromatic carbocycles. The quantitative estimate of drug-likeness (QED) is 0.0222. The van der Waals surface area contributed by atoms with Gasteiger partial charge in [0.2, 0.25) is 0 Å². The van der Waals surface area contributed by atoms with Gasteiger partial charge in [0.05, 0.1) is 26.4 Å². The van der Waals surface area contributed by atoms with Crippen LogP contribution in [0.1, 0.15) is 376 Å². The summed E-state index contributed by atoms with van der Waals surface area (Å²) >= 11 is 0. The number of esters is 4. The van der Waals surface area contributed by atoms with Crippen LogP contribution in [0.2, 0.25) is 0 Å². The van der Waals surface area contributed by atoms with Crippen molar-refractivity contribution in [2.24, 2.45) is 23.7 Å². The van der Waals surface area contributed by atoms with Crippen LogP contribution in [0, 0.1) is 23.7 Å². The van der Waals surface area contributed by atoms with E-state index >= 15 is 0 Å². The predicted molar refractivity (Wildman–Crippen MR) is 381 cm³/mol. The van der Waals surface area contributed by atoms with Crippen LogP contribution in [-0.4, -0.2) is 96.7 Å². The maximum absolute atomic E-state index is 13.1. The van der Waals surface area contributed by atoms with Crippen molar-refractivity contribution in [2.45, 2.75) is 395 Å². The summed E-state index contributed by atoms with van der Waals surface area (Å²) in [4.78, 5) is 72.7.